The van der Waals surface area contributed by atoms with Crippen LogP contribution in [0.2, 0.25) is 5.02 Å². The summed E-state index contributed by atoms with van der Waals surface area (Å²) in [6.45, 7) is 7.91. The molecular weight excluding hydrogens is 467 g/mol. The van der Waals surface area contributed by atoms with Crippen LogP contribution >= 0.6 is 11.6 Å². The molecule has 0 aliphatic carbocycles. The minimum absolute atomic E-state index is 0.0506. The summed E-state index contributed by atoms with van der Waals surface area (Å²) in [5, 5.41) is 2.79. The van der Waals surface area contributed by atoms with Crippen molar-refractivity contribution >= 4 is 33.2 Å². The third kappa shape index (κ3) is 6.60. The second-order valence-corrected chi connectivity index (χ2v) is 9.20. The van der Waals surface area contributed by atoms with Gasteiger partial charge in [-0.05, 0) is 56.4 Å². The van der Waals surface area contributed by atoms with Crippen molar-refractivity contribution < 1.29 is 26.4 Å². The average Bonchev–Trinajstić information content (AvgIpc) is 2.72. The molecule has 2 aromatic carbocycles. The summed E-state index contributed by atoms with van der Waals surface area (Å²) in [6.07, 6.45) is -4.62. The van der Waals surface area contributed by atoms with E-state index in [4.69, 9.17) is 11.6 Å². The van der Waals surface area contributed by atoms with Gasteiger partial charge in [0.15, 0.2) is 0 Å². The summed E-state index contributed by atoms with van der Waals surface area (Å²) in [5.41, 5.74) is -1.30. The van der Waals surface area contributed by atoms with Crippen LogP contribution in [0.1, 0.15) is 36.7 Å². The predicted octanol–water partition coefficient (Wildman–Crippen LogP) is 4.62. The largest absolute Gasteiger partial charge is 0.416 e. The second-order valence-electron chi connectivity index (χ2n) is 7.11. The molecule has 1 amide bonds. The molecule has 32 heavy (non-hydrogen) atoms. The van der Waals surface area contributed by atoms with Crippen molar-refractivity contribution in [3.05, 3.63) is 58.6 Å². The third-order valence-corrected chi connectivity index (χ3v) is 6.64. The summed E-state index contributed by atoms with van der Waals surface area (Å²) in [4.78, 5) is 14.4. The SMILES string of the molecule is CCN(CC)C(C)CNC(=O)c1cc(S(=O)(=O)Nc2cccc(C(F)(F)F)c2)ccc1Cl. The Labute approximate surface area is 190 Å². The van der Waals surface area contributed by atoms with Crippen molar-refractivity contribution in [3.8, 4) is 0 Å². The first-order valence-electron chi connectivity index (χ1n) is 9.91. The number of sulfonamides is 1. The molecule has 2 N–H and O–H groups in total. The fourth-order valence-corrected chi connectivity index (χ4v) is 4.41. The lowest BCUT2D eigenvalue weighted by Gasteiger charge is -2.26. The Balaban J connectivity index is 2.23. The molecule has 1 atom stereocenters. The standard InChI is InChI=1S/C21H25ClF3N3O3S/c1-4-28(5-2)14(3)13-26-20(29)18-12-17(9-10-19(18)22)32(30,31)27-16-8-6-7-15(11-16)21(23,24)25/h6-12,14,27H,4-5,13H2,1-3H3,(H,26,29). The highest BCUT2D eigenvalue weighted by molar-refractivity contribution is 7.92. The molecule has 0 saturated heterocycles. The van der Waals surface area contributed by atoms with Crippen molar-refractivity contribution in [1.29, 1.82) is 0 Å². The van der Waals surface area contributed by atoms with Crippen LogP contribution < -0.4 is 10.0 Å². The Morgan fingerprint density at radius 1 is 1.12 bits per heavy atom. The monoisotopic (exact) mass is 491 g/mol. The molecule has 2 aromatic rings. The number of carbonyl (C=O) groups excluding carboxylic acids is 1. The lowest BCUT2D eigenvalue weighted by Crippen LogP contribution is -2.42. The maximum atomic E-state index is 12.9. The Morgan fingerprint density at radius 3 is 2.38 bits per heavy atom. The van der Waals surface area contributed by atoms with Crippen molar-refractivity contribution in [2.75, 3.05) is 24.4 Å². The van der Waals surface area contributed by atoms with Crippen molar-refractivity contribution in [3.63, 3.8) is 0 Å². The first-order chi connectivity index (χ1) is 14.9. The molecule has 0 aliphatic rings. The van der Waals surface area contributed by atoms with Crippen LogP contribution in [0.3, 0.4) is 0 Å². The maximum Gasteiger partial charge on any atom is 0.416 e. The predicted molar refractivity (Wildman–Crippen MR) is 118 cm³/mol. The molecule has 0 fully saturated rings. The fraction of sp³-hybridized carbons (Fsp3) is 0.381. The summed E-state index contributed by atoms with van der Waals surface area (Å²) in [6, 6.07) is 7.40. The lowest BCUT2D eigenvalue weighted by molar-refractivity contribution is -0.137. The zero-order valence-corrected chi connectivity index (χ0v) is 19.4. The van der Waals surface area contributed by atoms with Gasteiger partial charge in [0.25, 0.3) is 15.9 Å². The molecular formula is C21H25ClF3N3O3S. The Morgan fingerprint density at radius 2 is 1.78 bits per heavy atom. The number of likely N-dealkylation sites (N-methyl/N-ethyl adjacent to an activating group) is 1. The topological polar surface area (TPSA) is 78.5 Å². The van der Waals surface area contributed by atoms with Gasteiger partial charge in [0.05, 0.1) is 21.0 Å². The molecule has 0 radical (unpaired) electrons. The average molecular weight is 492 g/mol. The molecule has 6 nitrogen and oxygen atoms in total. The van der Waals surface area contributed by atoms with Crippen molar-refractivity contribution in [2.24, 2.45) is 0 Å². The number of nitrogens with one attached hydrogen (secondary N) is 2. The van der Waals surface area contributed by atoms with Crippen LogP contribution in [0, 0.1) is 0 Å². The van der Waals surface area contributed by atoms with Gasteiger partial charge >= 0.3 is 6.18 Å². The van der Waals surface area contributed by atoms with E-state index in [1.807, 2.05) is 20.8 Å². The van der Waals surface area contributed by atoms with E-state index in [0.29, 0.717) is 12.6 Å². The van der Waals surface area contributed by atoms with Gasteiger partial charge in [0.2, 0.25) is 0 Å². The Hall–Kier alpha value is -2.30. The van der Waals surface area contributed by atoms with Crippen LogP contribution in [-0.2, 0) is 16.2 Å². The lowest BCUT2D eigenvalue weighted by atomic mass is 10.2. The fourth-order valence-electron chi connectivity index (χ4n) is 3.13. The minimum Gasteiger partial charge on any atom is -0.350 e. The van der Waals surface area contributed by atoms with E-state index in [9.17, 15) is 26.4 Å². The van der Waals surface area contributed by atoms with E-state index in [2.05, 4.69) is 14.9 Å². The minimum atomic E-state index is -4.62. The molecule has 11 heteroatoms. The van der Waals surface area contributed by atoms with Crippen molar-refractivity contribution in [1.82, 2.24) is 10.2 Å². The molecule has 0 aliphatic heterocycles. The highest BCUT2D eigenvalue weighted by atomic mass is 35.5. The zero-order chi connectivity index (χ0) is 24.1. The van der Waals surface area contributed by atoms with Gasteiger partial charge in [-0.25, -0.2) is 8.42 Å². The van der Waals surface area contributed by atoms with E-state index < -0.39 is 27.7 Å². The number of halogens is 4. The normalized spacial score (nSPS) is 13.1. The van der Waals surface area contributed by atoms with E-state index in [0.717, 1.165) is 31.3 Å². The Kier molecular flexibility index (Phi) is 8.55. The van der Waals surface area contributed by atoms with Gasteiger partial charge in [0.1, 0.15) is 0 Å². The second kappa shape index (κ2) is 10.5. The number of anilines is 1. The smallest absolute Gasteiger partial charge is 0.350 e. The van der Waals surface area contributed by atoms with Crippen LogP contribution in [0.4, 0.5) is 18.9 Å². The van der Waals surface area contributed by atoms with Crippen molar-refractivity contribution in [2.45, 2.75) is 37.9 Å². The summed E-state index contributed by atoms with van der Waals surface area (Å²) < 4.78 is 66.2. The number of benzene rings is 2. The van der Waals surface area contributed by atoms with Gasteiger partial charge in [0, 0.05) is 18.3 Å². The van der Waals surface area contributed by atoms with Crippen LogP contribution in [0.25, 0.3) is 0 Å². The van der Waals surface area contributed by atoms with Crippen LogP contribution in [0.15, 0.2) is 47.4 Å². The zero-order valence-electron chi connectivity index (χ0n) is 17.8. The number of amides is 1. The number of carbonyl (C=O) groups is 1. The first-order valence-corrected chi connectivity index (χ1v) is 11.8. The molecule has 0 saturated carbocycles. The highest BCUT2D eigenvalue weighted by Gasteiger charge is 2.31. The molecule has 0 bridgehead atoms. The van der Waals surface area contributed by atoms with E-state index in [-0.39, 0.29) is 27.2 Å². The molecule has 0 spiro atoms. The van der Waals surface area contributed by atoms with Gasteiger partial charge in [-0.2, -0.15) is 13.2 Å². The number of nitrogens with zero attached hydrogens (tertiary/aromatic N) is 1. The van der Waals surface area contributed by atoms with E-state index >= 15 is 0 Å². The molecule has 176 valence electrons. The molecule has 1 unspecified atom stereocenters. The quantitative estimate of drug-likeness (QED) is 0.536. The van der Waals surface area contributed by atoms with Crippen LogP contribution in [0.5, 0.6) is 0 Å². The third-order valence-electron chi connectivity index (χ3n) is 4.93. The van der Waals surface area contributed by atoms with Gasteiger partial charge in [-0.3, -0.25) is 14.4 Å². The molecule has 0 heterocycles. The number of hydrogen-bond acceptors (Lipinski definition) is 4. The summed E-state index contributed by atoms with van der Waals surface area (Å²) >= 11 is 6.09. The van der Waals surface area contributed by atoms with E-state index in [1.165, 1.54) is 18.2 Å². The first kappa shape index (κ1) is 26.0. The number of alkyl halides is 3. The molecule has 2 rings (SSSR count). The van der Waals surface area contributed by atoms with E-state index in [1.54, 1.807) is 0 Å². The number of rotatable bonds is 9. The van der Waals surface area contributed by atoms with Crippen LogP contribution in [-0.4, -0.2) is 44.9 Å². The summed E-state index contributed by atoms with van der Waals surface area (Å²) in [7, 11) is -4.27. The van der Waals surface area contributed by atoms with Gasteiger partial charge < -0.3 is 5.32 Å². The van der Waals surface area contributed by atoms with Gasteiger partial charge in [-0.15, -0.1) is 0 Å². The summed E-state index contributed by atoms with van der Waals surface area (Å²) in [5.74, 6) is -0.551. The Bertz CT molecular complexity index is 1060. The molecule has 0 aromatic heterocycles. The van der Waals surface area contributed by atoms with Gasteiger partial charge in [-0.1, -0.05) is 31.5 Å². The number of hydrogen-bond donors (Lipinski definition) is 2. The highest BCUT2D eigenvalue weighted by Crippen LogP contribution is 2.31. The maximum absolute atomic E-state index is 12.9.